The summed E-state index contributed by atoms with van der Waals surface area (Å²) >= 11 is 6.63. The van der Waals surface area contributed by atoms with Crippen LogP contribution in [0.15, 0.2) is 17.6 Å². The smallest absolute Gasteiger partial charge is 0.188 e. The van der Waals surface area contributed by atoms with Crippen LogP contribution in [-0.2, 0) is 0 Å². The number of nitrogens with two attached hydrogens (primary N) is 1. The molecule has 0 aromatic carbocycles. The highest BCUT2D eigenvalue weighted by Crippen LogP contribution is 2.26. The fourth-order valence-electron chi connectivity index (χ4n) is 1.67. The number of anilines is 2. The van der Waals surface area contributed by atoms with Crippen molar-refractivity contribution < 1.29 is 0 Å². The van der Waals surface area contributed by atoms with Gasteiger partial charge in [-0.15, -0.1) is 11.3 Å². The van der Waals surface area contributed by atoms with Gasteiger partial charge in [-0.1, -0.05) is 26.1 Å². The second-order valence-electron chi connectivity index (χ2n) is 4.57. The summed E-state index contributed by atoms with van der Waals surface area (Å²) in [7, 11) is 0. The number of pyridine rings is 1. The van der Waals surface area contributed by atoms with Gasteiger partial charge >= 0.3 is 0 Å². The first-order chi connectivity index (χ1) is 8.99. The van der Waals surface area contributed by atoms with E-state index in [1.54, 1.807) is 17.5 Å². The van der Waals surface area contributed by atoms with Crippen LogP contribution in [-0.4, -0.2) is 15.0 Å². The first-order valence-corrected chi connectivity index (χ1v) is 7.25. The van der Waals surface area contributed by atoms with Crippen molar-refractivity contribution in [2.75, 3.05) is 5.32 Å². The normalized spacial score (nSPS) is 10.7. The SMILES string of the molecule is Cc1ccnc(Nc2nc(C(C)C)cs2)c1C(N)=S. The summed E-state index contributed by atoms with van der Waals surface area (Å²) in [5.41, 5.74) is 8.61. The van der Waals surface area contributed by atoms with Crippen LogP contribution in [0.25, 0.3) is 0 Å². The van der Waals surface area contributed by atoms with Gasteiger partial charge < -0.3 is 11.1 Å². The van der Waals surface area contributed by atoms with Gasteiger partial charge in [0, 0.05) is 11.6 Å². The van der Waals surface area contributed by atoms with Gasteiger partial charge in [-0.3, -0.25) is 0 Å². The Morgan fingerprint density at radius 2 is 2.21 bits per heavy atom. The molecule has 0 fully saturated rings. The van der Waals surface area contributed by atoms with E-state index in [1.165, 1.54) is 0 Å². The zero-order valence-corrected chi connectivity index (χ0v) is 12.7. The van der Waals surface area contributed by atoms with Gasteiger partial charge in [-0.05, 0) is 24.5 Å². The molecule has 4 nitrogen and oxygen atoms in total. The van der Waals surface area contributed by atoms with Crippen molar-refractivity contribution in [3.05, 3.63) is 34.5 Å². The van der Waals surface area contributed by atoms with Gasteiger partial charge in [0.25, 0.3) is 0 Å². The van der Waals surface area contributed by atoms with E-state index >= 15 is 0 Å². The van der Waals surface area contributed by atoms with Crippen molar-refractivity contribution in [3.8, 4) is 0 Å². The monoisotopic (exact) mass is 292 g/mol. The van der Waals surface area contributed by atoms with E-state index in [2.05, 4.69) is 29.1 Å². The number of hydrogen-bond acceptors (Lipinski definition) is 5. The summed E-state index contributed by atoms with van der Waals surface area (Å²) in [6.07, 6.45) is 1.73. The van der Waals surface area contributed by atoms with Crippen LogP contribution in [0.2, 0.25) is 0 Å². The zero-order chi connectivity index (χ0) is 14.0. The van der Waals surface area contributed by atoms with Crippen LogP contribution >= 0.6 is 23.6 Å². The lowest BCUT2D eigenvalue weighted by molar-refractivity contribution is 0.834. The minimum Gasteiger partial charge on any atom is -0.389 e. The largest absolute Gasteiger partial charge is 0.389 e. The van der Waals surface area contributed by atoms with Crippen molar-refractivity contribution in [2.24, 2.45) is 5.73 Å². The van der Waals surface area contributed by atoms with E-state index in [0.717, 1.165) is 22.0 Å². The molecular formula is C13H16N4S2. The molecule has 0 spiro atoms. The van der Waals surface area contributed by atoms with Crippen molar-refractivity contribution in [1.82, 2.24) is 9.97 Å². The molecule has 100 valence electrons. The molecule has 2 heterocycles. The molecule has 6 heteroatoms. The average Bonchev–Trinajstić information content (AvgIpc) is 2.77. The van der Waals surface area contributed by atoms with Crippen LogP contribution < -0.4 is 11.1 Å². The number of thiocarbonyl (C=S) groups is 1. The van der Waals surface area contributed by atoms with Crippen LogP contribution in [0.5, 0.6) is 0 Å². The second kappa shape index (κ2) is 5.63. The molecular weight excluding hydrogens is 276 g/mol. The van der Waals surface area contributed by atoms with Gasteiger partial charge in [0.05, 0.1) is 11.3 Å². The van der Waals surface area contributed by atoms with E-state index in [9.17, 15) is 0 Å². The quantitative estimate of drug-likeness (QED) is 0.846. The predicted molar refractivity (Wildman–Crippen MR) is 84.3 cm³/mol. The molecule has 0 radical (unpaired) electrons. The Bertz CT molecular complexity index is 604. The molecule has 2 aromatic heterocycles. The summed E-state index contributed by atoms with van der Waals surface area (Å²) < 4.78 is 0. The Morgan fingerprint density at radius 3 is 2.79 bits per heavy atom. The number of aryl methyl sites for hydroxylation is 1. The van der Waals surface area contributed by atoms with Crippen molar-refractivity contribution in [3.63, 3.8) is 0 Å². The molecule has 2 rings (SSSR count). The number of nitrogens with zero attached hydrogens (tertiary/aromatic N) is 2. The first-order valence-electron chi connectivity index (χ1n) is 5.97. The van der Waals surface area contributed by atoms with Gasteiger partial charge in [-0.25, -0.2) is 9.97 Å². The topological polar surface area (TPSA) is 63.8 Å². The lowest BCUT2D eigenvalue weighted by Crippen LogP contribution is -2.14. The van der Waals surface area contributed by atoms with E-state index in [0.29, 0.717) is 16.7 Å². The third-order valence-corrected chi connectivity index (χ3v) is 3.72. The summed E-state index contributed by atoms with van der Waals surface area (Å²) in [6.45, 7) is 6.19. The Labute approximate surface area is 122 Å². The van der Waals surface area contributed by atoms with E-state index in [4.69, 9.17) is 18.0 Å². The minimum absolute atomic E-state index is 0.341. The molecule has 3 N–H and O–H groups in total. The maximum Gasteiger partial charge on any atom is 0.188 e. The molecule has 0 bridgehead atoms. The maximum absolute atomic E-state index is 5.76. The van der Waals surface area contributed by atoms with Crippen molar-refractivity contribution >= 4 is 39.5 Å². The predicted octanol–water partition coefficient (Wildman–Crippen LogP) is 3.35. The molecule has 0 aliphatic rings. The first kappa shape index (κ1) is 13.9. The molecule has 0 aliphatic heterocycles. The molecule has 0 saturated heterocycles. The fraction of sp³-hybridized carbons (Fsp3) is 0.308. The van der Waals surface area contributed by atoms with E-state index < -0.39 is 0 Å². The molecule has 0 atom stereocenters. The molecule has 0 amide bonds. The van der Waals surface area contributed by atoms with Gasteiger partial charge in [0.1, 0.15) is 10.8 Å². The van der Waals surface area contributed by atoms with Gasteiger partial charge in [-0.2, -0.15) is 0 Å². The molecule has 2 aromatic rings. The Hall–Kier alpha value is -1.53. The Morgan fingerprint density at radius 1 is 1.47 bits per heavy atom. The molecule has 0 unspecified atom stereocenters. The lowest BCUT2D eigenvalue weighted by atomic mass is 10.1. The summed E-state index contributed by atoms with van der Waals surface area (Å²) in [5, 5.41) is 6.05. The summed E-state index contributed by atoms with van der Waals surface area (Å²) in [6, 6.07) is 1.89. The number of hydrogen-bond donors (Lipinski definition) is 2. The zero-order valence-electron chi connectivity index (χ0n) is 11.1. The minimum atomic E-state index is 0.341. The number of nitrogens with one attached hydrogen (secondary N) is 1. The summed E-state index contributed by atoms with van der Waals surface area (Å²) in [5.74, 6) is 1.07. The van der Waals surface area contributed by atoms with Crippen molar-refractivity contribution in [2.45, 2.75) is 26.7 Å². The van der Waals surface area contributed by atoms with Crippen LogP contribution in [0, 0.1) is 6.92 Å². The van der Waals surface area contributed by atoms with Crippen LogP contribution in [0.3, 0.4) is 0 Å². The van der Waals surface area contributed by atoms with Crippen LogP contribution in [0.4, 0.5) is 10.9 Å². The van der Waals surface area contributed by atoms with Gasteiger partial charge in [0.2, 0.25) is 0 Å². The molecule has 0 saturated carbocycles. The average molecular weight is 292 g/mol. The highest BCUT2D eigenvalue weighted by molar-refractivity contribution is 7.80. The molecule has 0 aliphatic carbocycles. The van der Waals surface area contributed by atoms with Crippen molar-refractivity contribution in [1.29, 1.82) is 0 Å². The Balaban J connectivity index is 2.32. The molecule has 19 heavy (non-hydrogen) atoms. The Kier molecular flexibility index (Phi) is 4.11. The van der Waals surface area contributed by atoms with Crippen LogP contribution in [0.1, 0.15) is 36.6 Å². The third-order valence-electron chi connectivity index (χ3n) is 2.74. The number of aromatic nitrogens is 2. The maximum atomic E-state index is 5.76. The lowest BCUT2D eigenvalue weighted by Gasteiger charge is -2.10. The van der Waals surface area contributed by atoms with E-state index in [-0.39, 0.29) is 0 Å². The highest BCUT2D eigenvalue weighted by atomic mass is 32.1. The fourth-order valence-corrected chi connectivity index (χ4v) is 2.80. The third kappa shape index (κ3) is 3.08. The number of rotatable bonds is 4. The number of thiazole rings is 1. The summed E-state index contributed by atoms with van der Waals surface area (Å²) in [4.78, 5) is 9.16. The standard InChI is InChI=1S/C13H16N4S2/c1-7(2)9-6-19-13(16-9)17-12-10(11(14)18)8(3)4-5-15-12/h4-7H,1-3H3,(H2,14,18)(H,15,16,17). The van der Waals surface area contributed by atoms with Gasteiger partial charge in [0.15, 0.2) is 5.13 Å². The highest BCUT2D eigenvalue weighted by Gasteiger charge is 2.12. The van der Waals surface area contributed by atoms with E-state index in [1.807, 2.05) is 18.4 Å². The second-order valence-corrected chi connectivity index (χ2v) is 5.87.